The van der Waals surface area contributed by atoms with E-state index in [4.69, 9.17) is 4.40 Å². The molecule has 0 bridgehead atoms. The van der Waals surface area contributed by atoms with Crippen LogP contribution in [0, 0.1) is 22.7 Å². The topological polar surface area (TPSA) is 85.7 Å². The Bertz CT molecular complexity index is 1980. The number of nitrogens with zero attached hydrogens (tertiary/aromatic N) is 5. The normalized spacial score (nSPS) is 15.2. The van der Waals surface area contributed by atoms with Gasteiger partial charge in [0.25, 0.3) is 0 Å². The minimum absolute atomic E-state index is 0.370. The zero-order valence-electron chi connectivity index (χ0n) is 20.7. The Labute approximate surface area is 241 Å². The summed E-state index contributed by atoms with van der Waals surface area (Å²) < 4.78 is 13.4. The summed E-state index contributed by atoms with van der Waals surface area (Å²) in [6.45, 7) is 2.16. The van der Waals surface area contributed by atoms with E-state index in [2.05, 4.69) is 52.1 Å². The fourth-order valence-corrected chi connectivity index (χ4v) is 7.68. The molecule has 6 rings (SSSR count). The molecule has 5 nitrogen and oxygen atoms in total. The first-order chi connectivity index (χ1) is 19.2. The van der Waals surface area contributed by atoms with Gasteiger partial charge in [-0.15, -0.1) is 22.7 Å². The van der Waals surface area contributed by atoms with E-state index >= 15 is 0 Å². The van der Waals surface area contributed by atoms with E-state index in [0.29, 0.717) is 16.4 Å². The Morgan fingerprint density at radius 2 is 1.51 bits per heavy atom. The molecule has 2 aromatic carbocycles. The molecular formula is C30H19N5S4. The van der Waals surface area contributed by atoms with Crippen LogP contribution in [0.5, 0.6) is 0 Å². The van der Waals surface area contributed by atoms with E-state index < -0.39 is 0 Å². The zero-order chi connectivity index (χ0) is 26.8. The van der Waals surface area contributed by atoms with Crippen LogP contribution in [0.4, 0.5) is 0 Å². The fraction of sp³-hybridized carbons (Fsp3) is 0.100. The molecule has 188 valence electrons. The standard InChI is InChI=1S/C30H19N5S4/c1-2-21-13-18-5-3-6-24(29(18)34-38-21)19(16-31)14-22-9-11-27(36-22)28-12-10-23(37-28)15-20(17-32)25-7-4-8-26-30(25)35-39-33-26/h3-15,21H,2H2,1H3. The predicted molar refractivity (Wildman–Crippen MR) is 165 cm³/mol. The number of thiophene rings is 2. The monoisotopic (exact) mass is 577 g/mol. The van der Waals surface area contributed by atoms with Crippen LogP contribution in [0.2, 0.25) is 0 Å². The van der Waals surface area contributed by atoms with Crippen molar-refractivity contribution in [1.29, 1.82) is 10.5 Å². The molecule has 0 fully saturated rings. The molecule has 0 radical (unpaired) electrons. The largest absolute Gasteiger partial charge is 0.215 e. The summed E-state index contributed by atoms with van der Waals surface area (Å²) in [7, 11) is 0. The number of aromatic nitrogens is 2. The van der Waals surface area contributed by atoms with Gasteiger partial charge in [0.2, 0.25) is 0 Å². The van der Waals surface area contributed by atoms with Gasteiger partial charge >= 0.3 is 0 Å². The molecule has 0 spiro atoms. The highest BCUT2D eigenvalue weighted by molar-refractivity contribution is 7.98. The maximum absolute atomic E-state index is 10.0. The lowest BCUT2D eigenvalue weighted by atomic mass is 10.0. The second kappa shape index (κ2) is 11.1. The summed E-state index contributed by atoms with van der Waals surface area (Å²) in [5, 5.41) is 22.2. The molecular weight excluding hydrogens is 559 g/mol. The smallest absolute Gasteiger partial charge is 0.113 e. The third kappa shape index (κ3) is 5.10. The van der Waals surface area contributed by atoms with Crippen LogP contribution in [0.15, 0.2) is 65.1 Å². The molecule has 0 amide bonds. The molecule has 1 aliphatic heterocycles. The van der Waals surface area contributed by atoms with E-state index in [1.807, 2.05) is 54.6 Å². The Kier molecular flexibility index (Phi) is 7.23. The zero-order valence-corrected chi connectivity index (χ0v) is 23.9. The Morgan fingerprint density at radius 1 is 0.846 bits per heavy atom. The van der Waals surface area contributed by atoms with Crippen LogP contribution in [-0.4, -0.2) is 14.0 Å². The van der Waals surface area contributed by atoms with Crippen molar-refractivity contribution in [2.24, 2.45) is 4.40 Å². The van der Waals surface area contributed by atoms with Crippen molar-refractivity contribution >= 4 is 86.8 Å². The molecule has 0 saturated carbocycles. The van der Waals surface area contributed by atoms with Gasteiger partial charge in [-0.2, -0.15) is 19.3 Å². The second-order valence-corrected chi connectivity index (χ2v) is 12.5. The highest BCUT2D eigenvalue weighted by Crippen LogP contribution is 2.36. The van der Waals surface area contributed by atoms with Gasteiger partial charge in [0.05, 0.1) is 40.4 Å². The Morgan fingerprint density at radius 3 is 2.21 bits per heavy atom. The van der Waals surface area contributed by atoms with Crippen LogP contribution in [0.25, 0.3) is 50.2 Å². The maximum atomic E-state index is 10.0. The van der Waals surface area contributed by atoms with Crippen LogP contribution in [0.3, 0.4) is 0 Å². The van der Waals surface area contributed by atoms with Crippen molar-refractivity contribution in [1.82, 2.24) is 8.75 Å². The van der Waals surface area contributed by atoms with Crippen molar-refractivity contribution in [2.75, 3.05) is 0 Å². The van der Waals surface area contributed by atoms with E-state index in [1.165, 1.54) is 0 Å². The quantitative estimate of drug-likeness (QED) is 0.155. The fourth-order valence-electron chi connectivity index (χ4n) is 4.33. The van der Waals surface area contributed by atoms with Crippen LogP contribution in [0.1, 0.15) is 34.2 Å². The molecule has 1 unspecified atom stereocenters. The van der Waals surface area contributed by atoms with E-state index in [0.717, 1.165) is 70.4 Å². The first-order valence-corrected chi connectivity index (χ1v) is 15.4. The second-order valence-electron chi connectivity index (χ2n) is 8.73. The van der Waals surface area contributed by atoms with Crippen LogP contribution in [-0.2, 0) is 0 Å². The maximum Gasteiger partial charge on any atom is 0.113 e. The molecule has 0 N–H and O–H groups in total. The summed E-state index contributed by atoms with van der Waals surface area (Å²) in [4.78, 5) is 4.21. The van der Waals surface area contributed by atoms with Crippen molar-refractivity contribution in [3.63, 3.8) is 0 Å². The van der Waals surface area contributed by atoms with Gasteiger partial charge in [0.15, 0.2) is 0 Å². The average Bonchev–Trinajstić information content (AvgIpc) is 3.75. The van der Waals surface area contributed by atoms with Crippen LogP contribution >= 0.6 is 46.3 Å². The predicted octanol–water partition coefficient (Wildman–Crippen LogP) is 7.45. The first-order valence-electron chi connectivity index (χ1n) is 12.2. The number of fused-ring (bicyclic) bond motifs is 2. The summed E-state index contributed by atoms with van der Waals surface area (Å²) in [6, 6.07) is 24.7. The molecule has 0 saturated heterocycles. The van der Waals surface area contributed by atoms with E-state index in [1.54, 1.807) is 34.6 Å². The van der Waals surface area contributed by atoms with Crippen molar-refractivity contribution in [2.45, 2.75) is 18.6 Å². The summed E-state index contributed by atoms with van der Waals surface area (Å²) >= 11 is 5.99. The SMILES string of the molecule is CCC1C=c2cccc(C(C#N)=Cc3ccc(-c4ccc(C=C(C#N)c5cccc6nsnc56)s4)s3)c2=NS1. The molecule has 1 atom stereocenters. The minimum atomic E-state index is 0.370. The van der Waals surface area contributed by atoms with Gasteiger partial charge < -0.3 is 0 Å². The molecule has 4 heterocycles. The molecule has 0 aliphatic carbocycles. The van der Waals surface area contributed by atoms with Crippen molar-refractivity contribution < 1.29 is 0 Å². The number of allylic oxidation sites excluding steroid dienone is 2. The summed E-state index contributed by atoms with van der Waals surface area (Å²) in [5.74, 6) is 0. The van der Waals surface area contributed by atoms with Gasteiger partial charge in [0.1, 0.15) is 11.0 Å². The molecule has 9 heteroatoms. The Hall–Kier alpha value is -3.86. The molecule has 39 heavy (non-hydrogen) atoms. The average molecular weight is 578 g/mol. The van der Waals surface area contributed by atoms with Crippen LogP contribution < -0.4 is 10.6 Å². The molecule has 1 aliphatic rings. The summed E-state index contributed by atoms with van der Waals surface area (Å²) in [6.07, 6.45) is 7.11. The van der Waals surface area contributed by atoms with Gasteiger partial charge in [-0.3, -0.25) is 0 Å². The van der Waals surface area contributed by atoms with E-state index in [9.17, 15) is 10.5 Å². The van der Waals surface area contributed by atoms with Gasteiger partial charge in [0, 0.05) is 35.9 Å². The Balaban J connectivity index is 1.30. The highest BCUT2D eigenvalue weighted by Gasteiger charge is 2.14. The lowest BCUT2D eigenvalue weighted by Crippen LogP contribution is -2.31. The number of rotatable bonds is 6. The first kappa shape index (κ1) is 25.4. The molecule has 3 aromatic heterocycles. The number of hydrogen-bond acceptors (Lipinski definition) is 9. The third-order valence-electron chi connectivity index (χ3n) is 6.29. The van der Waals surface area contributed by atoms with Gasteiger partial charge in [-0.05, 0) is 66.1 Å². The summed E-state index contributed by atoms with van der Waals surface area (Å²) in [5.41, 5.74) is 4.38. The van der Waals surface area contributed by atoms with Crippen molar-refractivity contribution in [3.05, 3.63) is 92.1 Å². The number of nitriles is 2. The lowest BCUT2D eigenvalue weighted by molar-refractivity contribution is 1.00. The van der Waals surface area contributed by atoms with Crippen molar-refractivity contribution in [3.8, 4) is 21.9 Å². The van der Waals surface area contributed by atoms with Gasteiger partial charge in [-0.25, -0.2) is 4.40 Å². The third-order valence-corrected chi connectivity index (χ3v) is 10.1. The molecule has 5 aromatic rings. The van der Waals surface area contributed by atoms with Gasteiger partial charge in [-0.1, -0.05) is 43.3 Å². The number of benzene rings is 2. The van der Waals surface area contributed by atoms with E-state index in [-0.39, 0.29) is 0 Å². The minimum Gasteiger partial charge on any atom is -0.215 e. The number of hydrogen-bond donors (Lipinski definition) is 0. The highest BCUT2D eigenvalue weighted by atomic mass is 32.2. The lowest BCUT2D eigenvalue weighted by Gasteiger charge is -2.11.